The minimum atomic E-state index is -4.41. The van der Waals surface area contributed by atoms with E-state index in [0.717, 1.165) is 68.0 Å². The lowest BCUT2D eigenvalue weighted by atomic mass is 9.81. The summed E-state index contributed by atoms with van der Waals surface area (Å²) in [6.07, 6.45) is 5.55. The van der Waals surface area contributed by atoms with E-state index in [-0.39, 0.29) is 23.8 Å². The number of sulfonamides is 1. The first-order valence-electron chi connectivity index (χ1n) is 16.0. The first-order valence-corrected chi connectivity index (χ1v) is 17.4. The van der Waals surface area contributed by atoms with Crippen LogP contribution in [0.5, 0.6) is 11.5 Å². The van der Waals surface area contributed by atoms with Crippen molar-refractivity contribution in [2.75, 3.05) is 13.1 Å². The van der Waals surface area contributed by atoms with E-state index in [9.17, 15) is 18.0 Å². The van der Waals surface area contributed by atoms with Crippen LogP contribution in [0.1, 0.15) is 53.5 Å². The summed E-state index contributed by atoms with van der Waals surface area (Å²) in [6.45, 7) is 8.52. The van der Waals surface area contributed by atoms with E-state index in [1.165, 1.54) is 12.1 Å². The van der Waals surface area contributed by atoms with Crippen molar-refractivity contribution >= 4 is 32.9 Å². The number of carbonyl (C=O) groups is 2. The lowest BCUT2D eigenvalue weighted by Crippen LogP contribution is -2.42. The second kappa shape index (κ2) is 12.6. The minimum absolute atomic E-state index is 0.0623. The smallest absolute Gasteiger partial charge is 0.341 e. The summed E-state index contributed by atoms with van der Waals surface area (Å²) < 4.78 is 35.6. The van der Waals surface area contributed by atoms with Crippen molar-refractivity contribution in [3.8, 4) is 11.5 Å². The van der Waals surface area contributed by atoms with Crippen LogP contribution in [0.2, 0.25) is 0 Å². The highest BCUT2D eigenvalue weighted by Crippen LogP contribution is 2.36. The van der Waals surface area contributed by atoms with Crippen molar-refractivity contribution in [1.29, 1.82) is 0 Å². The fourth-order valence-electron chi connectivity index (χ4n) is 6.93. The number of hydrogen-bond donors (Lipinski definition) is 2. The largest absolute Gasteiger partial charge is 0.457 e. The zero-order chi connectivity index (χ0) is 32.7. The number of rotatable bonds is 9. The number of benzene rings is 3. The Kier molecular flexibility index (Phi) is 8.69. The van der Waals surface area contributed by atoms with E-state index in [1.54, 1.807) is 19.2 Å². The van der Waals surface area contributed by atoms with Crippen LogP contribution in [-0.2, 0) is 21.2 Å². The summed E-state index contributed by atoms with van der Waals surface area (Å²) in [7, 11) is -4.41. The maximum atomic E-state index is 14.3. The van der Waals surface area contributed by atoms with Gasteiger partial charge in [-0.2, -0.15) is 0 Å². The van der Waals surface area contributed by atoms with Gasteiger partial charge in [-0.3, -0.25) is 9.69 Å². The van der Waals surface area contributed by atoms with Crippen LogP contribution in [0.25, 0.3) is 10.9 Å². The second-order valence-electron chi connectivity index (χ2n) is 13.0. The van der Waals surface area contributed by atoms with Crippen LogP contribution in [0.15, 0.2) is 65.7 Å². The maximum Gasteiger partial charge on any atom is 0.341 e. The van der Waals surface area contributed by atoms with Crippen LogP contribution in [0.3, 0.4) is 0 Å². The first kappa shape index (κ1) is 31.8. The average Bonchev–Trinajstić information content (AvgIpc) is 3.55. The van der Waals surface area contributed by atoms with Crippen LogP contribution < -0.4 is 10.5 Å². The molecule has 6 rings (SSSR count). The van der Waals surface area contributed by atoms with E-state index in [1.807, 2.05) is 57.2 Å². The van der Waals surface area contributed by atoms with Crippen molar-refractivity contribution in [2.24, 2.45) is 17.6 Å². The number of nitrogens with one attached hydrogen (secondary N) is 1. The molecule has 9 nitrogen and oxygen atoms in total. The molecule has 1 aliphatic carbocycles. The van der Waals surface area contributed by atoms with Crippen molar-refractivity contribution < 1.29 is 22.7 Å². The number of aromatic nitrogens is 1. The molecule has 0 bridgehead atoms. The molecule has 2 heterocycles. The molecule has 3 unspecified atom stereocenters. The molecule has 242 valence electrons. The SMILES string of the molecule is Cc1ccc(Oc2ccc(S(=O)(=O)N3C(=O)N(CC4CCCC(CN)C4)C(=O)C3Cc3c[nH]c4c(C)cccc34)cc2C)cc1C. The van der Waals surface area contributed by atoms with Crippen molar-refractivity contribution in [3.05, 3.63) is 88.6 Å². The van der Waals surface area contributed by atoms with Gasteiger partial charge in [-0.25, -0.2) is 17.5 Å². The molecule has 1 saturated heterocycles. The zero-order valence-electron chi connectivity index (χ0n) is 26.9. The summed E-state index contributed by atoms with van der Waals surface area (Å²) >= 11 is 0. The standard InChI is InChI=1S/C36H42N4O5S/c1-22-11-12-29(15-24(22)3)45-33-14-13-30(16-25(33)4)46(43,44)40-32(18-28-20-38-34-23(2)7-5-10-31(28)34)35(41)39(36(40)42)21-27-9-6-8-26(17-27)19-37/h5,7,10-16,20,26-27,32,38H,6,8-9,17-19,21,37H2,1-4H3. The molecule has 3 atom stereocenters. The van der Waals surface area contributed by atoms with Gasteiger partial charge in [0.05, 0.1) is 4.90 Å². The third-order valence-corrected chi connectivity index (χ3v) is 11.5. The number of hydrogen-bond acceptors (Lipinski definition) is 6. The third-order valence-electron chi connectivity index (χ3n) is 9.75. The monoisotopic (exact) mass is 642 g/mol. The summed E-state index contributed by atoms with van der Waals surface area (Å²) in [6, 6.07) is 14.2. The lowest BCUT2D eigenvalue weighted by Gasteiger charge is -2.30. The van der Waals surface area contributed by atoms with Gasteiger partial charge in [0.25, 0.3) is 15.9 Å². The second-order valence-corrected chi connectivity index (χ2v) is 14.8. The van der Waals surface area contributed by atoms with Crippen LogP contribution >= 0.6 is 0 Å². The molecule has 1 saturated carbocycles. The van der Waals surface area contributed by atoms with Crippen LogP contribution in [0, 0.1) is 39.5 Å². The van der Waals surface area contributed by atoms with E-state index in [4.69, 9.17) is 10.5 Å². The van der Waals surface area contributed by atoms with Gasteiger partial charge in [0, 0.05) is 30.1 Å². The van der Waals surface area contributed by atoms with Crippen molar-refractivity contribution in [1.82, 2.24) is 14.2 Å². The number of nitrogens with two attached hydrogens (primary N) is 1. The molecule has 4 aromatic rings. The molecule has 0 radical (unpaired) electrons. The zero-order valence-corrected chi connectivity index (χ0v) is 27.7. The van der Waals surface area contributed by atoms with Crippen LogP contribution in [0.4, 0.5) is 4.79 Å². The molecule has 10 heteroatoms. The third kappa shape index (κ3) is 5.91. The van der Waals surface area contributed by atoms with Crippen LogP contribution in [-0.4, -0.2) is 53.7 Å². The Morgan fingerprint density at radius 3 is 2.43 bits per heavy atom. The fourth-order valence-corrected chi connectivity index (χ4v) is 8.53. The number of urea groups is 1. The van der Waals surface area contributed by atoms with Gasteiger partial charge in [0.1, 0.15) is 17.5 Å². The number of nitrogens with zero attached hydrogens (tertiary/aromatic N) is 2. The summed E-state index contributed by atoms with van der Waals surface area (Å²) in [5, 5.41) is 0.901. The van der Waals surface area contributed by atoms with Gasteiger partial charge in [0.15, 0.2) is 0 Å². The lowest BCUT2D eigenvalue weighted by molar-refractivity contribution is -0.128. The highest BCUT2D eigenvalue weighted by Gasteiger charge is 2.52. The Balaban J connectivity index is 1.34. The number of aryl methyl sites for hydroxylation is 4. The van der Waals surface area contributed by atoms with E-state index in [0.29, 0.717) is 29.5 Å². The Bertz CT molecular complexity index is 1920. The molecule has 0 spiro atoms. The quantitative estimate of drug-likeness (QED) is 0.200. The van der Waals surface area contributed by atoms with E-state index in [2.05, 4.69) is 4.98 Å². The normalized spacial score (nSPS) is 20.6. The van der Waals surface area contributed by atoms with Crippen molar-refractivity contribution in [2.45, 2.75) is 70.7 Å². The van der Waals surface area contributed by atoms with Gasteiger partial charge < -0.3 is 15.5 Å². The number of amides is 3. The molecular weight excluding hydrogens is 600 g/mol. The van der Waals surface area contributed by atoms with Gasteiger partial charge in [-0.05, 0) is 123 Å². The molecule has 46 heavy (non-hydrogen) atoms. The minimum Gasteiger partial charge on any atom is -0.457 e. The topological polar surface area (TPSA) is 126 Å². The number of fused-ring (bicyclic) bond motifs is 1. The Labute approximate surface area is 270 Å². The van der Waals surface area contributed by atoms with Crippen molar-refractivity contribution in [3.63, 3.8) is 0 Å². The summed E-state index contributed by atoms with van der Waals surface area (Å²) in [4.78, 5) is 32.5. The average molecular weight is 643 g/mol. The van der Waals surface area contributed by atoms with Gasteiger partial charge in [-0.15, -0.1) is 0 Å². The fraction of sp³-hybridized carbons (Fsp3) is 0.389. The van der Waals surface area contributed by atoms with Gasteiger partial charge in [0.2, 0.25) is 0 Å². The molecule has 3 aromatic carbocycles. The highest BCUT2D eigenvalue weighted by atomic mass is 32.2. The molecule has 2 fully saturated rings. The molecule has 1 aliphatic heterocycles. The number of carbonyl (C=O) groups excluding carboxylic acids is 2. The van der Waals surface area contributed by atoms with Gasteiger partial charge in [-0.1, -0.05) is 30.7 Å². The Hall–Kier alpha value is -4.15. The molecular formula is C36H42N4O5S. The maximum absolute atomic E-state index is 14.3. The number of imide groups is 1. The molecule has 1 aromatic heterocycles. The Morgan fingerprint density at radius 1 is 0.913 bits per heavy atom. The van der Waals surface area contributed by atoms with Gasteiger partial charge >= 0.3 is 6.03 Å². The number of ether oxygens (including phenoxy) is 1. The number of H-pyrrole nitrogens is 1. The summed E-state index contributed by atoms with van der Waals surface area (Å²) in [5.74, 6) is 1.08. The Morgan fingerprint density at radius 2 is 1.70 bits per heavy atom. The predicted octanol–water partition coefficient (Wildman–Crippen LogP) is 6.52. The highest BCUT2D eigenvalue weighted by molar-refractivity contribution is 7.89. The predicted molar refractivity (Wildman–Crippen MR) is 178 cm³/mol. The summed E-state index contributed by atoms with van der Waals surface area (Å²) in [5.41, 5.74) is 11.5. The van der Waals surface area contributed by atoms with E-state index < -0.39 is 28.0 Å². The molecule has 2 aliphatic rings. The number of para-hydroxylation sites is 1. The van der Waals surface area contributed by atoms with E-state index >= 15 is 0 Å². The first-order chi connectivity index (χ1) is 22.0. The number of aromatic amines is 1. The molecule has 3 amide bonds. The molecule has 3 N–H and O–H groups in total.